The van der Waals surface area contributed by atoms with Gasteiger partial charge in [-0.1, -0.05) is 6.42 Å². The van der Waals surface area contributed by atoms with Gasteiger partial charge >= 0.3 is 0 Å². The second-order valence-electron chi connectivity index (χ2n) is 7.40. The van der Waals surface area contributed by atoms with Crippen molar-refractivity contribution in [3.8, 4) is 23.0 Å². The van der Waals surface area contributed by atoms with E-state index in [0.29, 0.717) is 23.9 Å². The summed E-state index contributed by atoms with van der Waals surface area (Å²) in [6.07, 6.45) is 6.37. The second-order valence-corrected chi connectivity index (χ2v) is 7.40. The van der Waals surface area contributed by atoms with Crippen molar-refractivity contribution in [2.45, 2.75) is 38.1 Å². The maximum atomic E-state index is 5.92. The van der Waals surface area contributed by atoms with Gasteiger partial charge in [0.1, 0.15) is 5.75 Å². The molecule has 1 aromatic rings. The zero-order valence-electron chi connectivity index (χ0n) is 17.0. The molecule has 1 unspecified atom stereocenters. The van der Waals surface area contributed by atoms with Gasteiger partial charge in [-0.2, -0.15) is 0 Å². The van der Waals surface area contributed by atoms with Crippen LogP contribution in [0.15, 0.2) is 12.1 Å². The van der Waals surface area contributed by atoms with Crippen LogP contribution in [0.25, 0.3) is 0 Å². The number of fused-ring (bicyclic) bond motifs is 1. The van der Waals surface area contributed by atoms with E-state index in [1.807, 2.05) is 12.1 Å². The van der Waals surface area contributed by atoms with Crippen molar-refractivity contribution in [3.63, 3.8) is 0 Å². The van der Waals surface area contributed by atoms with E-state index in [0.717, 1.165) is 24.6 Å². The van der Waals surface area contributed by atoms with Gasteiger partial charge in [-0.15, -0.1) is 0 Å². The standard InChI is InChI=1S/C21H34N2O4/c1-24-19-14-18(15-20(25-2)21(19)26-3)27-13-7-6-9-22-11-12-23-10-5-4-8-17(23)16-22/h14-15,17H,4-13,16H2,1-3H3. The monoisotopic (exact) mass is 378 g/mol. The number of benzene rings is 1. The van der Waals surface area contributed by atoms with Crippen molar-refractivity contribution in [3.05, 3.63) is 12.1 Å². The molecule has 0 aromatic heterocycles. The molecule has 6 nitrogen and oxygen atoms in total. The third-order valence-corrected chi connectivity index (χ3v) is 5.70. The summed E-state index contributed by atoms with van der Waals surface area (Å²) in [5.74, 6) is 2.59. The van der Waals surface area contributed by atoms with E-state index in [1.165, 1.54) is 52.0 Å². The molecule has 2 aliphatic rings. The molecule has 0 spiro atoms. The molecule has 152 valence electrons. The number of ether oxygens (including phenoxy) is 4. The molecule has 2 saturated heterocycles. The van der Waals surface area contributed by atoms with E-state index in [1.54, 1.807) is 21.3 Å². The zero-order valence-corrected chi connectivity index (χ0v) is 17.0. The lowest BCUT2D eigenvalue weighted by atomic mass is 9.99. The van der Waals surface area contributed by atoms with Gasteiger partial charge < -0.3 is 23.8 Å². The van der Waals surface area contributed by atoms with Crippen molar-refractivity contribution in [1.82, 2.24) is 9.80 Å². The van der Waals surface area contributed by atoms with Crippen molar-refractivity contribution in [1.29, 1.82) is 0 Å². The smallest absolute Gasteiger partial charge is 0.203 e. The van der Waals surface area contributed by atoms with Crippen molar-refractivity contribution in [2.24, 2.45) is 0 Å². The molecule has 3 rings (SSSR count). The van der Waals surface area contributed by atoms with Crippen molar-refractivity contribution in [2.75, 3.05) is 60.7 Å². The molecular weight excluding hydrogens is 344 g/mol. The Morgan fingerprint density at radius 1 is 0.926 bits per heavy atom. The summed E-state index contributed by atoms with van der Waals surface area (Å²) in [5.41, 5.74) is 0. The van der Waals surface area contributed by atoms with E-state index in [4.69, 9.17) is 18.9 Å². The highest BCUT2D eigenvalue weighted by atomic mass is 16.5. The first kappa shape index (κ1) is 20.1. The Kier molecular flexibility index (Phi) is 7.47. The second kappa shape index (κ2) is 10.0. The summed E-state index contributed by atoms with van der Waals surface area (Å²) >= 11 is 0. The van der Waals surface area contributed by atoms with Crippen LogP contribution in [0.1, 0.15) is 32.1 Å². The quantitative estimate of drug-likeness (QED) is 0.616. The Morgan fingerprint density at radius 3 is 2.41 bits per heavy atom. The average Bonchev–Trinajstić information content (AvgIpc) is 2.72. The minimum Gasteiger partial charge on any atom is -0.493 e. The summed E-state index contributed by atoms with van der Waals surface area (Å²) in [4.78, 5) is 5.32. The molecule has 0 N–H and O–H groups in total. The van der Waals surface area contributed by atoms with E-state index < -0.39 is 0 Å². The summed E-state index contributed by atoms with van der Waals surface area (Å²) in [6, 6.07) is 4.50. The van der Waals surface area contributed by atoms with Gasteiger partial charge in [0.2, 0.25) is 5.75 Å². The Hall–Kier alpha value is -1.66. The largest absolute Gasteiger partial charge is 0.493 e. The van der Waals surface area contributed by atoms with Crippen LogP contribution in [0.2, 0.25) is 0 Å². The first-order valence-corrected chi connectivity index (χ1v) is 10.1. The average molecular weight is 379 g/mol. The topological polar surface area (TPSA) is 43.4 Å². The molecule has 6 heteroatoms. The van der Waals surface area contributed by atoms with E-state index in [-0.39, 0.29) is 0 Å². The van der Waals surface area contributed by atoms with Crippen LogP contribution in [0.3, 0.4) is 0 Å². The fraction of sp³-hybridized carbons (Fsp3) is 0.714. The summed E-state index contributed by atoms with van der Waals surface area (Å²) in [7, 11) is 4.84. The fourth-order valence-electron chi connectivity index (χ4n) is 4.19. The lowest BCUT2D eigenvalue weighted by molar-refractivity contribution is 0.0482. The number of piperazine rings is 1. The van der Waals surface area contributed by atoms with Crippen molar-refractivity contribution < 1.29 is 18.9 Å². The van der Waals surface area contributed by atoms with Gasteiger partial charge in [0.05, 0.1) is 27.9 Å². The van der Waals surface area contributed by atoms with Crippen LogP contribution in [0.4, 0.5) is 0 Å². The molecule has 2 aliphatic heterocycles. The molecular formula is C21H34N2O4. The van der Waals surface area contributed by atoms with Crippen LogP contribution in [-0.4, -0.2) is 76.5 Å². The Bertz CT molecular complexity index is 571. The van der Waals surface area contributed by atoms with Crippen LogP contribution in [0.5, 0.6) is 23.0 Å². The minimum atomic E-state index is 0.592. The fourth-order valence-corrected chi connectivity index (χ4v) is 4.19. The third kappa shape index (κ3) is 5.20. The Morgan fingerprint density at radius 2 is 1.70 bits per heavy atom. The van der Waals surface area contributed by atoms with Crippen LogP contribution in [0, 0.1) is 0 Å². The SMILES string of the molecule is COc1cc(OCCCCN2CCN3CCCCC3C2)cc(OC)c1OC. The van der Waals surface area contributed by atoms with Gasteiger partial charge in [0.25, 0.3) is 0 Å². The summed E-state index contributed by atoms with van der Waals surface area (Å²) in [5, 5.41) is 0. The highest BCUT2D eigenvalue weighted by Gasteiger charge is 2.28. The number of hydrogen-bond donors (Lipinski definition) is 0. The van der Waals surface area contributed by atoms with Crippen molar-refractivity contribution >= 4 is 0 Å². The van der Waals surface area contributed by atoms with Crippen LogP contribution in [-0.2, 0) is 0 Å². The van der Waals surface area contributed by atoms with Gasteiger partial charge in [0.15, 0.2) is 11.5 Å². The number of unbranched alkanes of at least 4 members (excludes halogenated alkanes) is 1. The maximum Gasteiger partial charge on any atom is 0.203 e. The predicted molar refractivity (Wildman–Crippen MR) is 106 cm³/mol. The zero-order chi connectivity index (χ0) is 19.1. The minimum absolute atomic E-state index is 0.592. The van der Waals surface area contributed by atoms with Gasteiger partial charge in [-0.3, -0.25) is 4.90 Å². The molecule has 2 heterocycles. The van der Waals surface area contributed by atoms with Gasteiger partial charge in [-0.05, 0) is 38.8 Å². The molecule has 2 fully saturated rings. The summed E-state index contributed by atoms with van der Waals surface area (Å²) < 4.78 is 22.0. The van der Waals surface area contributed by atoms with Gasteiger partial charge in [-0.25, -0.2) is 0 Å². The maximum absolute atomic E-state index is 5.92. The van der Waals surface area contributed by atoms with E-state index >= 15 is 0 Å². The number of methoxy groups -OCH3 is 3. The van der Waals surface area contributed by atoms with E-state index in [9.17, 15) is 0 Å². The number of hydrogen-bond acceptors (Lipinski definition) is 6. The van der Waals surface area contributed by atoms with Crippen LogP contribution >= 0.6 is 0 Å². The first-order valence-electron chi connectivity index (χ1n) is 10.1. The first-order chi connectivity index (χ1) is 13.2. The highest BCUT2D eigenvalue weighted by Crippen LogP contribution is 2.40. The molecule has 0 amide bonds. The third-order valence-electron chi connectivity index (χ3n) is 5.70. The predicted octanol–water partition coefficient (Wildman–Crippen LogP) is 3.04. The molecule has 1 aromatic carbocycles. The molecule has 0 saturated carbocycles. The van der Waals surface area contributed by atoms with Gasteiger partial charge in [0, 0.05) is 37.8 Å². The lowest BCUT2D eigenvalue weighted by Gasteiger charge is -2.44. The molecule has 0 bridgehead atoms. The molecule has 0 radical (unpaired) electrons. The van der Waals surface area contributed by atoms with Crippen LogP contribution < -0.4 is 18.9 Å². The Balaban J connectivity index is 1.40. The summed E-state index contributed by atoms with van der Waals surface area (Å²) in [6.45, 7) is 6.87. The molecule has 27 heavy (non-hydrogen) atoms. The van der Waals surface area contributed by atoms with E-state index in [2.05, 4.69) is 9.80 Å². The number of piperidine rings is 1. The lowest BCUT2D eigenvalue weighted by Crippen LogP contribution is -2.54. The number of nitrogens with zero attached hydrogens (tertiary/aromatic N) is 2. The molecule has 1 atom stereocenters. The normalized spacial score (nSPS) is 20.8. The Labute approximate surface area is 163 Å². The number of rotatable bonds is 9. The molecule has 0 aliphatic carbocycles. The highest BCUT2D eigenvalue weighted by molar-refractivity contribution is 5.55.